The van der Waals surface area contributed by atoms with Gasteiger partial charge in [0.05, 0.1) is 23.8 Å². The van der Waals surface area contributed by atoms with Gasteiger partial charge in [-0.1, -0.05) is 23.2 Å². The fourth-order valence-electron chi connectivity index (χ4n) is 2.84. The molecule has 2 aromatic carbocycles. The number of aromatic carboxylic acids is 1. The number of fused-ring (bicyclic) bond motifs is 1. The molecule has 3 rings (SSSR count). The Kier molecular flexibility index (Phi) is 7.80. The Hall–Kier alpha value is -1.96. The number of carbonyl (C=O) groups is 2. The van der Waals surface area contributed by atoms with E-state index in [0.29, 0.717) is 27.4 Å². The van der Waals surface area contributed by atoms with E-state index in [1.807, 2.05) is 6.92 Å². The number of aromatic nitrogens is 1. The molecule has 0 saturated carbocycles. The predicted molar refractivity (Wildman–Crippen MR) is 108 cm³/mol. The van der Waals surface area contributed by atoms with E-state index in [1.54, 1.807) is 31.4 Å². The number of carbonyl (C=O) groups excluding carboxylic acids is 2. The molecular formula is C20H15Cl2N2NaO4. The quantitative estimate of drug-likeness (QED) is 0.453. The van der Waals surface area contributed by atoms with Crippen LogP contribution in [-0.2, 0) is 4.79 Å². The summed E-state index contributed by atoms with van der Waals surface area (Å²) in [5.41, 5.74) is 1.91. The van der Waals surface area contributed by atoms with Crippen LogP contribution in [0.3, 0.4) is 0 Å². The van der Waals surface area contributed by atoms with Gasteiger partial charge in [0.2, 0.25) is 5.91 Å². The molecule has 0 aliphatic carbocycles. The Balaban J connectivity index is 0.00000300. The number of nitrogens with one attached hydrogen (secondary N) is 2. The van der Waals surface area contributed by atoms with Crippen LogP contribution in [0.15, 0.2) is 36.4 Å². The van der Waals surface area contributed by atoms with E-state index in [2.05, 4.69) is 10.3 Å². The van der Waals surface area contributed by atoms with Gasteiger partial charge in [0.1, 0.15) is 5.75 Å². The zero-order valence-corrected chi connectivity index (χ0v) is 19.4. The van der Waals surface area contributed by atoms with Crippen LogP contribution in [-0.4, -0.2) is 24.0 Å². The van der Waals surface area contributed by atoms with Gasteiger partial charge in [-0.2, -0.15) is 0 Å². The van der Waals surface area contributed by atoms with Crippen LogP contribution in [0.5, 0.6) is 5.75 Å². The third kappa shape index (κ3) is 5.15. The second-order valence-electron chi connectivity index (χ2n) is 6.01. The first kappa shape index (κ1) is 23.3. The smallest absolute Gasteiger partial charge is 0.543 e. The molecule has 1 amide bonds. The van der Waals surface area contributed by atoms with Crippen molar-refractivity contribution in [3.8, 4) is 5.75 Å². The van der Waals surface area contributed by atoms with Gasteiger partial charge >= 0.3 is 29.6 Å². The van der Waals surface area contributed by atoms with Gasteiger partial charge < -0.3 is 24.9 Å². The normalized spacial score (nSPS) is 10.8. The number of anilines is 1. The number of amides is 1. The fraction of sp³-hybridized carbons (Fsp3) is 0.100. The van der Waals surface area contributed by atoms with E-state index >= 15 is 0 Å². The molecule has 0 aliphatic heterocycles. The van der Waals surface area contributed by atoms with Crippen molar-refractivity contribution in [1.82, 2.24) is 4.98 Å². The van der Waals surface area contributed by atoms with Crippen molar-refractivity contribution < 1.29 is 49.0 Å². The first-order valence-electron chi connectivity index (χ1n) is 8.16. The maximum absolute atomic E-state index is 12.3. The SMILES string of the molecule is COc1ccc(NC(=O)/C=C/c2c(C(=O)[O-])[nH]c3cc(Cl)cc(Cl)c23)c(C)c1.[Na+]. The minimum absolute atomic E-state index is 0. The Morgan fingerprint density at radius 1 is 1.21 bits per heavy atom. The van der Waals surface area contributed by atoms with Gasteiger partial charge in [0.15, 0.2) is 0 Å². The van der Waals surface area contributed by atoms with Crippen LogP contribution in [0.1, 0.15) is 21.6 Å². The molecule has 0 radical (unpaired) electrons. The molecular weight excluding hydrogens is 426 g/mol. The van der Waals surface area contributed by atoms with Crippen molar-refractivity contribution in [1.29, 1.82) is 0 Å². The van der Waals surface area contributed by atoms with Crippen LogP contribution in [0.2, 0.25) is 10.0 Å². The molecule has 0 spiro atoms. The number of hydrogen-bond donors (Lipinski definition) is 2. The molecule has 9 heteroatoms. The van der Waals surface area contributed by atoms with E-state index in [-0.39, 0.29) is 45.8 Å². The van der Waals surface area contributed by atoms with E-state index in [0.717, 1.165) is 5.56 Å². The maximum atomic E-state index is 12.3. The van der Waals surface area contributed by atoms with Crippen molar-refractivity contribution in [2.24, 2.45) is 0 Å². The summed E-state index contributed by atoms with van der Waals surface area (Å²) in [7, 11) is 1.56. The third-order valence-corrected chi connectivity index (χ3v) is 4.67. The second-order valence-corrected chi connectivity index (χ2v) is 6.86. The number of rotatable bonds is 5. The molecule has 3 aromatic rings. The zero-order chi connectivity index (χ0) is 20.4. The van der Waals surface area contributed by atoms with Gasteiger partial charge in [0.25, 0.3) is 0 Å². The monoisotopic (exact) mass is 440 g/mol. The minimum Gasteiger partial charge on any atom is -0.543 e. The molecule has 144 valence electrons. The summed E-state index contributed by atoms with van der Waals surface area (Å²) < 4.78 is 5.13. The van der Waals surface area contributed by atoms with Crippen LogP contribution in [0, 0.1) is 6.92 Å². The number of carboxylic acid groups (broad SMARTS) is 1. The number of H-pyrrole nitrogens is 1. The molecule has 2 N–H and O–H groups in total. The average Bonchev–Trinajstić information content (AvgIpc) is 3.00. The molecule has 0 saturated heterocycles. The Labute approximate surface area is 199 Å². The first-order valence-corrected chi connectivity index (χ1v) is 8.91. The topological polar surface area (TPSA) is 94.2 Å². The summed E-state index contributed by atoms with van der Waals surface area (Å²) in [4.78, 5) is 26.5. The van der Waals surface area contributed by atoms with Crippen molar-refractivity contribution in [2.45, 2.75) is 6.92 Å². The molecule has 6 nitrogen and oxygen atoms in total. The summed E-state index contributed by atoms with van der Waals surface area (Å²) in [6.07, 6.45) is 2.60. The molecule has 0 fully saturated rings. The van der Waals surface area contributed by atoms with Crippen LogP contribution in [0.25, 0.3) is 17.0 Å². The number of hydrogen-bond acceptors (Lipinski definition) is 4. The maximum Gasteiger partial charge on any atom is 1.00 e. The standard InChI is InChI=1S/C20H16Cl2N2O4.Na/c1-10-7-12(28-2)3-5-15(10)23-17(25)6-4-13-18-14(22)8-11(21)9-16(18)24-19(13)20(26)27;/h3-9,24H,1-2H3,(H,23,25)(H,26,27);/q;+1/p-1/b6-4+;. The zero-order valence-electron chi connectivity index (χ0n) is 15.9. The Morgan fingerprint density at radius 2 is 1.93 bits per heavy atom. The van der Waals surface area contributed by atoms with Crippen molar-refractivity contribution in [2.75, 3.05) is 12.4 Å². The number of aryl methyl sites for hydroxylation is 1. The van der Waals surface area contributed by atoms with Crippen LogP contribution in [0.4, 0.5) is 5.69 Å². The summed E-state index contributed by atoms with van der Waals surface area (Å²) >= 11 is 12.2. The predicted octanol–water partition coefficient (Wildman–Crippen LogP) is 0.811. The largest absolute Gasteiger partial charge is 1.00 e. The molecule has 0 unspecified atom stereocenters. The first-order chi connectivity index (χ1) is 13.3. The van der Waals surface area contributed by atoms with Crippen molar-refractivity contribution >= 4 is 57.7 Å². The van der Waals surface area contributed by atoms with Gasteiger partial charge in [0, 0.05) is 33.3 Å². The van der Waals surface area contributed by atoms with Crippen LogP contribution < -0.4 is 44.7 Å². The van der Waals surface area contributed by atoms with Gasteiger partial charge in [-0.3, -0.25) is 4.79 Å². The number of methoxy groups -OCH3 is 1. The third-order valence-electron chi connectivity index (χ3n) is 4.15. The minimum atomic E-state index is -1.42. The van der Waals surface area contributed by atoms with E-state index in [1.165, 1.54) is 18.2 Å². The summed E-state index contributed by atoms with van der Waals surface area (Å²) in [5, 5.41) is 15.3. The molecule has 0 atom stereocenters. The van der Waals surface area contributed by atoms with Gasteiger partial charge in [-0.25, -0.2) is 0 Å². The molecule has 29 heavy (non-hydrogen) atoms. The molecule has 1 aromatic heterocycles. The number of aromatic amines is 1. The van der Waals surface area contributed by atoms with Crippen molar-refractivity contribution in [3.63, 3.8) is 0 Å². The number of ether oxygens (including phenoxy) is 1. The summed E-state index contributed by atoms with van der Waals surface area (Å²) in [6.45, 7) is 1.83. The van der Waals surface area contributed by atoms with E-state index in [9.17, 15) is 14.7 Å². The summed E-state index contributed by atoms with van der Waals surface area (Å²) in [6, 6.07) is 8.28. The van der Waals surface area contributed by atoms with Gasteiger partial charge in [-0.05, 0) is 48.9 Å². The second kappa shape index (κ2) is 9.69. The number of benzene rings is 2. The van der Waals surface area contributed by atoms with Crippen molar-refractivity contribution in [3.05, 3.63) is 63.3 Å². The fourth-order valence-corrected chi connectivity index (χ4v) is 3.43. The average molecular weight is 441 g/mol. The van der Waals surface area contributed by atoms with Crippen LogP contribution >= 0.6 is 23.2 Å². The summed E-state index contributed by atoms with van der Waals surface area (Å²) in [5.74, 6) is -1.18. The molecule has 1 heterocycles. The van der Waals surface area contributed by atoms with E-state index in [4.69, 9.17) is 27.9 Å². The Morgan fingerprint density at radius 3 is 2.55 bits per heavy atom. The van der Waals surface area contributed by atoms with Gasteiger partial charge in [-0.15, -0.1) is 0 Å². The molecule has 0 aliphatic rings. The molecule has 0 bridgehead atoms. The van der Waals surface area contributed by atoms with E-state index < -0.39 is 11.9 Å². The number of carboxylic acids is 1. The number of halogens is 2. The Bertz CT molecular complexity index is 1130.